The second-order valence-electron chi connectivity index (χ2n) is 6.75. The minimum atomic E-state index is -0.432. The lowest BCUT2D eigenvalue weighted by molar-refractivity contribution is -0.139. The van der Waals surface area contributed by atoms with Crippen LogP contribution in [-0.2, 0) is 9.59 Å². The molecule has 0 radical (unpaired) electrons. The molecule has 7 heteroatoms. The third kappa shape index (κ3) is 5.32. The Morgan fingerprint density at radius 3 is 2.41 bits per heavy atom. The number of ether oxygens (including phenoxy) is 3. The fourth-order valence-corrected chi connectivity index (χ4v) is 3.34. The van der Waals surface area contributed by atoms with Gasteiger partial charge in [0.05, 0.1) is 26.9 Å². The van der Waals surface area contributed by atoms with Crippen LogP contribution in [0.3, 0.4) is 0 Å². The van der Waals surface area contributed by atoms with Crippen LogP contribution in [0.1, 0.15) is 17.5 Å². The van der Waals surface area contributed by atoms with E-state index in [1.54, 1.807) is 48.6 Å². The number of rotatable bonds is 5. The number of carbonyl (C=O) groups is 2. The Balaban J connectivity index is 1.77. The van der Waals surface area contributed by atoms with Crippen LogP contribution in [-0.4, -0.2) is 44.6 Å². The smallest absolute Gasteiger partial charge is 0.268 e. The molecule has 0 unspecified atom stereocenters. The van der Waals surface area contributed by atoms with E-state index >= 15 is 0 Å². The molecular formula is C25H22ClNO5. The van der Waals surface area contributed by atoms with Crippen LogP contribution in [0.4, 0.5) is 0 Å². The first kappa shape index (κ1) is 23.0. The molecule has 0 N–H and O–H groups in total. The van der Waals surface area contributed by atoms with Crippen LogP contribution in [0.2, 0.25) is 5.02 Å². The molecule has 2 aromatic rings. The predicted octanol–water partition coefficient (Wildman–Crippen LogP) is 4.12. The number of nitrogens with zero attached hydrogens (tertiary/aromatic N) is 1. The maximum atomic E-state index is 12.8. The van der Waals surface area contributed by atoms with Crippen molar-refractivity contribution in [3.8, 4) is 29.1 Å². The fourth-order valence-electron chi connectivity index (χ4n) is 3.15. The number of benzene rings is 2. The summed E-state index contributed by atoms with van der Waals surface area (Å²) in [6, 6.07) is 10.5. The number of hydrogen-bond donors (Lipinski definition) is 0. The standard InChI is InChI=1S/C25H22ClNO5/c1-30-21-15-18(16-22(31-2)24(21)32-3)10-12-23(28)27-13-5-7-19(25(27)29)11-9-17-6-4-8-20(26)14-17/h4,6-8,10,12,14-16H,5,13H2,1-3H3. The molecule has 0 saturated carbocycles. The van der Waals surface area contributed by atoms with Crippen molar-refractivity contribution in [3.63, 3.8) is 0 Å². The van der Waals surface area contributed by atoms with E-state index in [0.29, 0.717) is 46.4 Å². The van der Waals surface area contributed by atoms with Crippen molar-refractivity contribution >= 4 is 29.5 Å². The predicted molar refractivity (Wildman–Crippen MR) is 123 cm³/mol. The number of imide groups is 1. The third-order valence-electron chi connectivity index (χ3n) is 4.71. The molecule has 2 amide bonds. The molecule has 6 nitrogen and oxygen atoms in total. The molecule has 0 saturated heterocycles. The zero-order chi connectivity index (χ0) is 23.1. The minimum Gasteiger partial charge on any atom is -0.493 e. The second-order valence-corrected chi connectivity index (χ2v) is 7.19. The Hall–Kier alpha value is -3.69. The van der Waals surface area contributed by atoms with E-state index in [-0.39, 0.29) is 5.57 Å². The highest BCUT2D eigenvalue weighted by atomic mass is 35.5. The molecule has 0 bridgehead atoms. The van der Waals surface area contributed by atoms with E-state index in [2.05, 4.69) is 11.8 Å². The van der Waals surface area contributed by atoms with Crippen LogP contribution in [0, 0.1) is 11.8 Å². The molecule has 0 aliphatic carbocycles. The molecule has 1 aliphatic rings. The lowest BCUT2D eigenvalue weighted by Crippen LogP contribution is -2.39. The minimum absolute atomic E-state index is 0.283. The Kier molecular flexibility index (Phi) is 7.58. The summed E-state index contributed by atoms with van der Waals surface area (Å²) >= 11 is 5.97. The summed E-state index contributed by atoms with van der Waals surface area (Å²) < 4.78 is 16.0. The Bertz CT molecular complexity index is 1130. The molecule has 0 atom stereocenters. The van der Waals surface area contributed by atoms with Gasteiger partial charge in [0.2, 0.25) is 5.75 Å². The largest absolute Gasteiger partial charge is 0.493 e. The fraction of sp³-hybridized carbons (Fsp3) is 0.200. The van der Waals surface area contributed by atoms with Crippen LogP contribution in [0.25, 0.3) is 6.08 Å². The van der Waals surface area contributed by atoms with E-state index in [1.807, 2.05) is 0 Å². The summed E-state index contributed by atoms with van der Waals surface area (Å²) in [7, 11) is 4.54. The molecule has 0 aromatic heterocycles. The SMILES string of the molecule is COc1cc(C=CC(=O)N2CCC=C(C#Cc3cccc(Cl)c3)C2=O)cc(OC)c1OC. The van der Waals surface area contributed by atoms with Crippen LogP contribution < -0.4 is 14.2 Å². The van der Waals surface area contributed by atoms with Gasteiger partial charge in [0.25, 0.3) is 11.8 Å². The van der Waals surface area contributed by atoms with Crippen molar-refractivity contribution in [1.29, 1.82) is 0 Å². The summed E-state index contributed by atoms with van der Waals surface area (Å²) in [5.74, 6) is 6.31. The average molecular weight is 452 g/mol. The van der Waals surface area contributed by atoms with E-state index in [1.165, 1.54) is 32.3 Å². The second kappa shape index (κ2) is 10.6. The first-order chi connectivity index (χ1) is 15.5. The van der Waals surface area contributed by atoms with E-state index in [4.69, 9.17) is 25.8 Å². The highest BCUT2D eigenvalue weighted by molar-refractivity contribution is 6.30. The quantitative estimate of drug-likeness (QED) is 0.505. The van der Waals surface area contributed by atoms with Gasteiger partial charge in [-0.3, -0.25) is 14.5 Å². The van der Waals surface area contributed by atoms with Crippen molar-refractivity contribution < 1.29 is 23.8 Å². The molecule has 0 spiro atoms. The maximum Gasteiger partial charge on any atom is 0.268 e. The molecular weight excluding hydrogens is 430 g/mol. The highest BCUT2D eigenvalue weighted by Gasteiger charge is 2.25. The molecule has 3 rings (SSSR count). The van der Waals surface area contributed by atoms with E-state index < -0.39 is 11.8 Å². The van der Waals surface area contributed by atoms with Gasteiger partial charge in [-0.1, -0.05) is 35.6 Å². The summed E-state index contributed by atoms with van der Waals surface area (Å²) in [4.78, 5) is 26.7. The molecule has 32 heavy (non-hydrogen) atoms. The first-order valence-corrected chi connectivity index (χ1v) is 10.2. The Morgan fingerprint density at radius 2 is 1.78 bits per heavy atom. The van der Waals surface area contributed by atoms with E-state index in [0.717, 1.165) is 0 Å². The topological polar surface area (TPSA) is 65.1 Å². The number of amides is 2. The average Bonchev–Trinajstić information content (AvgIpc) is 2.81. The van der Waals surface area contributed by atoms with Crippen LogP contribution in [0.5, 0.6) is 17.2 Å². The molecule has 2 aromatic carbocycles. The van der Waals surface area contributed by atoms with Gasteiger partial charge < -0.3 is 14.2 Å². The lowest BCUT2D eigenvalue weighted by atomic mass is 10.1. The maximum absolute atomic E-state index is 12.8. The molecule has 164 valence electrons. The van der Waals surface area contributed by atoms with Gasteiger partial charge in [-0.15, -0.1) is 0 Å². The Labute approximate surface area is 192 Å². The van der Waals surface area contributed by atoms with Crippen LogP contribution >= 0.6 is 11.6 Å². The van der Waals surface area contributed by atoms with Gasteiger partial charge in [0.15, 0.2) is 11.5 Å². The summed E-state index contributed by atoms with van der Waals surface area (Å²) in [6.45, 7) is 0.291. The Morgan fingerprint density at radius 1 is 1.06 bits per heavy atom. The zero-order valence-corrected chi connectivity index (χ0v) is 18.7. The number of hydrogen-bond acceptors (Lipinski definition) is 5. The molecule has 0 fully saturated rings. The normalized spacial score (nSPS) is 13.3. The summed E-state index contributed by atoms with van der Waals surface area (Å²) in [5.41, 5.74) is 1.64. The number of halogens is 1. The first-order valence-electron chi connectivity index (χ1n) is 9.78. The van der Waals surface area contributed by atoms with Gasteiger partial charge in [0, 0.05) is 23.2 Å². The van der Waals surface area contributed by atoms with Crippen molar-refractivity contribution in [2.45, 2.75) is 6.42 Å². The van der Waals surface area contributed by atoms with Crippen molar-refractivity contribution in [1.82, 2.24) is 4.90 Å². The van der Waals surface area contributed by atoms with Gasteiger partial charge in [-0.2, -0.15) is 0 Å². The number of carbonyl (C=O) groups excluding carboxylic acids is 2. The third-order valence-corrected chi connectivity index (χ3v) is 4.95. The van der Waals surface area contributed by atoms with E-state index in [9.17, 15) is 9.59 Å². The van der Waals surface area contributed by atoms with Gasteiger partial charge >= 0.3 is 0 Å². The van der Waals surface area contributed by atoms with Crippen molar-refractivity contribution in [2.75, 3.05) is 27.9 Å². The van der Waals surface area contributed by atoms with Gasteiger partial charge in [-0.25, -0.2) is 0 Å². The lowest BCUT2D eigenvalue weighted by Gasteiger charge is -2.22. The molecule has 1 heterocycles. The van der Waals surface area contributed by atoms with Gasteiger partial charge in [0.1, 0.15) is 0 Å². The monoisotopic (exact) mass is 451 g/mol. The number of methoxy groups -OCH3 is 3. The molecule has 1 aliphatic heterocycles. The van der Waals surface area contributed by atoms with Gasteiger partial charge in [-0.05, 0) is 48.4 Å². The summed E-state index contributed by atoms with van der Waals surface area (Å²) in [6.07, 6.45) is 5.21. The van der Waals surface area contributed by atoms with Crippen molar-refractivity contribution in [2.24, 2.45) is 0 Å². The van der Waals surface area contributed by atoms with Crippen LogP contribution in [0.15, 0.2) is 54.1 Å². The highest BCUT2D eigenvalue weighted by Crippen LogP contribution is 2.38. The summed E-state index contributed by atoms with van der Waals surface area (Å²) in [5, 5.41) is 0.564. The van der Waals surface area contributed by atoms with Crippen molar-refractivity contribution in [3.05, 3.63) is 70.3 Å². The zero-order valence-electron chi connectivity index (χ0n) is 18.0.